The molecule has 1 aromatic heterocycles. The van der Waals surface area contributed by atoms with Crippen LogP contribution in [0.5, 0.6) is 0 Å². The Labute approximate surface area is 154 Å². The third kappa shape index (κ3) is 3.59. The molecule has 0 radical (unpaired) electrons. The van der Waals surface area contributed by atoms with Gasteiger partial charge in [-0.3, -0.25) is 4.79 Å². The summed E-state index contributed by atoms with van der Waals surface area (Å²) in [5, 5.41) is 6.43. The minimum Gasteiger partial charge on any atom is -0.268 e. The quantitative estimate of drug-likeness (QED) is 0.894. The molecule has 26 heavy (non-hydrogen) atoms. The molecule has 1 aromatic carbocycles. The number of sulfonamides is 1. The van der Waals surface area contributed by atoms with Crippen LogP contribution in [0.4, 0.5) is 0 Å². The van der Waals surface area contributed by atoms with Crippen molar-refractivity contribution in [3.8, 4) is 11.3 Å². The lowest BCUT2D eigenvalue weighted by Crippen LogP contribution is -2.42. The number of hydrogen-bond acceptors (Lipinski definition) is 4. The van der Waals surface area contributed by atoms with Crippen molar-refractivity contribution in [1.29, 1.82) is 0 Å². The van der Waals surface area contributed by atoms with E-state index >= 15 is 0 Å². The van der Waals surface area contributed by atoms with Crippen molar-refractivity contribution in [2.45, 2.75) is 39.0 Å². The van der Waals surface area contributed by atoms with E-state index in [1.165, 1.54) is 6.07 Å². The van der Waals surface area contributed by atoms with Crippen LogP contribution < -0.4 is 5.56 Å². The topological polar surface area (TPSA) is 83.1 Å². The van der Waals surface area contributed by atoms with E-state index in [-0.39, 0.29) is 5.56 Å². The zero-order valence-electron chi connectivity index (χ0n) is 15.6. The SMILES string of the molecule is Cc1cc(-c2ccc(=O)[nH]n2)cc(S(=O)(=O)N2C[C@@H](C)C[C@H](C)C2)c1C. The van der Waals surface area contributed by atoms with Crippen LogP contribution >= 0.6 is 0 Å². The van der Waals surface area contributed by atoms with E-state index in [4.69, 9.17) is 0 Å². The van der Waals surface area contributed by atoms with Gasteiger partial charge in [0, 0.05) is 24.7 Å². The first-order valence-electron chi connectivity index (χ1n) is 8.86. The van der Waals surface area contributed by atoms with Gasteiger partial charge < -0.3 is 0 Å². The number of aromatic amines is 1. The van der Waals surface area contributed by atoms with Crippen LogP contribution in [0.15, 0.2) is 34.0 Å². The van der Waals surface area contributed by atoms with Crippen LogP contribution in [0.25, 0.3) is 11.3 Å². The molecule has 140 valence electrons. The summed E-state index contributed by atoms with van der Waals surface area (Å²) in [6, 6.07) is 6.56. The summed E-state index contributed by atoms with van der Waals surface area (Å²) in [5.74, 6) is 0.693. The molecule has 0 bridgehead atoms. The van der Waals surface area contributed by atoms with Gasteiger partial charge in [0.05, 0.1) is 10.6 Å². The summed E-state index contributed by atoms with van der Waals surface area (Å²) >= 11 is 0. The lowest BCUT2D eigenvalue weighted by molar-refractivity contribution is 0.222. The van der Waals surface area contributed by atoms with E-state index in [1.807, 2.05) is 19.9 Å². The van der Waals surface area contributed by atoms with Gasteiger partial charge in [-0.25, -0.2) is 13.5 Å². The molecule has 6 nitrogen and oxygen atoms in total. The number of hydrogen-bond donors (Lipinski definition) is 1. The van der Waals surface area contributed by atoms with Crippen molar-refractivity contribution in [2.75, 3.05) is 13.1 Å². The van der Waals surface area contributed by atoms with Crippen molar-refractivity contribution >= 4 is 10.0 Å². The number of nitrogens with one attached hydrogen (secondary N) is 1. The van der Waals surface area contributed by atoms with E-state index in [1.54, 1.807) is 16.4 Å². The van der Waals surface area contributed by atoms with Gasteiger partial charge in [-0.2, -0.15) is 9.40 Å². The van der Waals surface area contributed by atoms with E-state index < -0.39 is 10.0 Å². The fourth-order valence-corrected chi connectivity index (χ4v) is 5.69. The number of nitrogens with zero attached hydrogens (tertiary/aromatic N) is 2. The van der Waals surface area contributed by atoms with Crippen LogP contribution in [0.3, 0.4) is 0 Å². The smallest absolute Gasteiger partial charge is 0.264 e. The molecule has 2 aromatic rings. The van der Waals surface area contributed by atoms with Gasteiger partial charge >= 0.3 is 0 Å². The Bertz CT molecular complexity index is 952. The predicted molar refractivity (Wildman–Crippen MR) is 101 cm³/mol. The molecule has 0 unspecified atom stereocenters. The fourth-order valence-electron chi connectivity index (χ4n) is 3.69. The monoisotopic (exact) mass is 375 g/mol. The van der Waals surface area contributed by atoms with Gasteiger partial charge in [0.25, 0.3) is 5.56 Å². The summed E-state index contributed by atoms with van der Waals surface area (Å²) in [6.07, 6.45) is 1.05. The van der Waals surface area contributed by atoms with Crippen LogP contribution in [0, 0.1) is 25.7 Å². The highest BCUT2D eigenvalue weighted by Gasteiger charge is 2.33. The first-order valence-corrected chi connectivity index (χ1v) is 10.3. The van der Waals surface area contributed by atoms with Crippen molar-refractivity contribution in [3.05, 3.63) is 45.7 Å². The molecule has 1 saturated heterocycles. The molecule has 1 aliphatic heterocycles. The first-order chi connectivity index (χ1) is 12.2. The van der Waals surface area contributed by atoms with Gasteiger partial charge in [0.1, 0.15) is 0 Å². The van der Waals surface area contributed by atoms with E-state index in [9.17, 15) is 13.2 Å². The molecule has 1 aliphatic rings. The summed E-state index contributed by atoms with van der Waals surface area (Å²) in [7, 11) is -3.59. The lowest BCUT2D eigenvalue weighted by Gasteiger charge is -2.34. The second-order valence-corrected chi connectivity index (χ2v) is 9.40. The maximum Gasteiger partial charge on any atom is 0.264 e. The Balaban J connectivity index is 2.09. The van der Waals surface area contributed by atoms with Crippen molar-refractivity contribution in [3.63, 3.8) is 0 Å². The average molecular weight is 375 g/mol. The molecular weight excluding hydrogens is 350 g/mol. The first kappa shape index (κ1) is 18.8. The highest BCUT2D eigenvalue weighted by atomic mass is 32.2. The fraction of sp³-hybridized carbons (Fsp3) is 0.474. The van der Waals surface area contributed by atoms with Crippen molar-refractivity contribution in [2.24, 2.45) is 11.8 Å². The lowest BCUT2D eigenvalue weighted by atomic mass is 9.94. The van der Waals surface area contributed by atoms with Gasteiger partial charge in [-0.15, -0.1) is 0 Å². The number of aromatic nitrogens is 2. The van der Waals surface area contributed by atoms with E-state index in [0.717, 1.165) is 17.5 Å². The minimum atomic E-state index is -3.59. The van der Waals surface area contributed by atoms with Gasteiger partial charge in [-0.1, -0.05) is 13.8 Å². The molecule has 7 heteroatoms. The zero-order valence-corrected chi connectivity index (χ0v) is 16.4. The molecule has 0 aliphatic carbocycles. The summed E-state index contributed by atoms with van der Waals surface area (Å²) in [6.45, 7) is 9.01. The van der Waals surface area contributed by atoms with Crippen LogP contribution in [0.2, 0.25) is 0 Å². The van der Waals surface area contributed by atoms with E-state index in [2.05, 4.69) is 24.0 Å². The van der Waals surface area contributed by atoms with Gasteiger partial charge in [-0.05, 0) is 61.4 Å². The average Bonchev–Trinajstić information content (AvgIpc) is 2.57. The highest BCUT2D eigenvalue weighted by molar-refractivity contribution is 7.89. The number of piperidine rings is 1. The largest absolute Gasteiger partial charge is 0.268 e. The molecule has 2 heterocycles. The molecule has 0 saturated carbocycles. The second kappa shape index (κ2) is 6.96. The van der Waals surface area contributed by atoms with Crippen LogP contribution in [-0.4, -0.2) is 36.0 Å². The zero-order chi connectivity index (χ0) is 19.1. The van der Waals surface area contributed by atoms with E-state index in [0.29, 0.717) is 41.1 Å². The summed E-state index contributed by atoms with van der Waals surface area (Å²) in [5.41, 5.74) is 2.57. The molecule has 1 N–H and O–H groups in total. The number of benzene rings is 1. The molecule has 3 rings (SSSR count). The molecule has 2 atom stereocenters. The molecular formula is C19H25N3O3S. The summed E-state index contributed by atoms with van der Waals surface area (Å²) < 4.78 is 28.3. The Morgan fingerprint density at radius 2 is 1.77 bits per heavy atom. The standard InChI is InChI=1S/C19H25N3O3S/c1-12-7-13(2)11-22(10-12)26(24,25)18-9-16(8-14(3)15(18)4)17-5-6-19(23)21-20-17/h5-6,8-9,12-13H,7,10-11H2,1-4H3,(H,21,23)/t12-,13-/m0/s1. The minimum absolute atomic E-state index is 0.290. The third-order valence-electron chi connectivity index (χ3n) is 5.05. The Hall–Kier alpha value is -1.99. The predicted octanol–water partition coefficient (Wildman–Crippen LogP) is 2.72. The number of H-pyrrole nitrogens is 1. The van der Waals surface area contributed by atoms with Gasteiger partial charge in [0.2, 0.25) is 10.0 Å². The van der Waals surface area contributed by atoms with Crippen LogP contribution in [0.1, 0.15) is 31.4 Å². The maximum atomic E-state index is 13.3. The molecule has 0 spiro atoms. The molecule has 1 fully saturated rings. The Morgan fingerprint density at radius 1 is 1.12 bits per heavy atom. The maximum absolute atomic E-state index is 13.3. The third-order valence-corrected chi connectivity index (χ3v) is 7.01. The second-order valence-electron chi connectivity index (χ2n) is 7.49. The normalized spacial score (nSPS) is 21.7. The Kier molecular flexibility index (Phi) is 5.03. The van der Waals surface area contributed by atoms with Crippen molar-refractivity contribution in [1.82, 2.24) is 14.5 Å². The van der Waals surface area contributed by atoms with Gasteiger partial charge in [0.15, 0.2) is 0 Å². The van der Waals surface area contributed by atoms with Crippen molar-refractivity contribution < 1.29 is 8.42 Å². The Morgan fingerprint density at radius 3 is 2.35 bits per heavy atom. The molecule has 0 amide bonds. The number of rotatable bonds is 3. The number of aryl methyl sites for hydroxylation is 1. The van der Waals surface area contributed by atoms with Crippen LogP contribution in [-0.2, 0) is 10.0 Å². The highest BCUT2D eigenvalue weighted by Crippen LogP contribution is 2.31. The summed E-state index contributed by atoms with van der Waals surface area (Å²) in [4.78, 5) is 11.6.